The minimum absolute atomic E-state index is 1.22. The monoisotopic (exact) mass is 696 g/mol. The molecule has 8 aromatic rings. The molecular formula is C48H36N2Si2. The summed E-state index contributed by atoms with van der Waals surface area (Å²) < 4.78 is 0. The highest BCUT2D eigenvalue weighted by Gasteiger charge is 2.53. The van der Waals surface area contributed by atoms with Crippen molar-refractivity contribution in [1.29, 1.82) is 0 Å². The summed E-state index contributed by atoms with van der Waals surface area (Å²) in [5, 5.41) is 16.2. The molecule has 0 atom stereocenters. The second-order valence-electron chi connectivity index (χ2n) is 13.7. The lowest BCUT2D eigenvalue weighted by Crippen LogP contribution is -2.80. The van der Waals surface area contributed by atoms with Crippen LogP contribution in [-0.2, 0) is 0 Å². The fraction of sp³-hybridized carbons (Fsp3) is 0. The van der Waals surface area contributed by atoms with Gasteiger partial charge < -0.3 is 0 Å². The van der Waals surface area contributed by atoms with Gasteiger partial charge in [-0.2, -0.15) is 0 Å². The van der Waals surface area contributed by atoms with Gasteiger partial charge in [-0.25, -0.2) is 10.0 Å². The molecule has 4 heteroatoms. The highest BCUT2D eigenvalue weighted by Crippen LogP contribution is 2.41. The average molecular weight is 697 g/mol. The van der Waals surface area contributed by atoms with Crippen LogP contribution in [0.25, 0.3) is 0 Å². The topological polar surface area (TPSA) is 6.48 Å². The van der Waals surface area contributed by atoms with E-state index in [9.17, 15) is 0 Å². The maximum atomic E-state index is 2.54. The molecule has 0 saturated heterocycles. The van der Waals surface area contributed by atoms with Crippen LogP contribution in [0.3, 0.4) is 0 Å². The van der Waals surface area contributed by atoms with Gasteiger partial charge in [0.05, 0.1) is 22.7 Å². The SMILES string of the molecule is c1ccc([Si]2(c3ccccc3)c3ccccc3N(N3c4ccccc4[Si](c4ccccc4)(c4ccccc4)c4ccccc43)c3ccccc32)cc1. The van der Waals surface area contributed by atoms with E-state index < -0.39 is 16.1 Å². The molecule has 0 aromatic heterocycles. The second kappa shape index (κ2) is 12.2. The minimum Gasteiger partial charge on any atom is -0.249 e. The fourth-order valence-corrected chi connectivity index (χ4v) is 19.4. The standard InChI is InChI=1S/C48H36N2Si2/c1-5-21-37(22-6-1)51(38-23-7-2-8-24-38)45-33-17-13-29-41(45)49(42-30-14-18-34-46(42)51)50-43-31-15-19-35-47(43)52(39-25-9-3-10-26-39,40-27-11-4-12-28-40)48-36-20-16-32-44(48)50/h1-36H. The Hall–Kier alpha value is -6.21. The largest absolute Gasteiger partial charge is 0.249 e. The van der Waals surface area contributed by atoms with Crippen molar-refractivity contribution in [3.05, 3.63) is 218 Å². The van der Waals surface area contributed by atoms with Gasteiger partial charge >= 0.3 is 0 Å². The zero-order chi connectivity index (χ0) is 34.5. The van der Waals surface area contributed by atoms with Crippen molar-refractivity contribution in [1.82, 2.24) is 0 Å². The van der Waals surface area contributed by atoms with Crippen molar-refractivity contribution in [3.63, 3.8) is 0 Å². The molecule has 0 spiro atoms. The van der Waals surface area contributed by atoms with E-state index in [0.29, 0.717) is 0 Å². The molecule has 2 nitrogen and oxygen atoms in total. The lowest BCUT2D eigenvalue weighted by atomic mass is 10.2. The summed E-state index contributed by atoms with van der Waals surface area (Å²) in [6.45, 7) is 0. The first-order chi connectivity index (χ1) is 25.8. The third kappa shape index (κ3) is 4.22. The van der Waals surface area contributed by atoms with Crippen molar-refractivity contribution < 1.29 is 0 Å². The number of hydrazine groups is 1. The average Bonchev–Trinajstić information content (AvgIpc) is 3.23. The van der Waals surface area contributed by atoms with Crippen LogP contribution in [0.4, 0.5) is 22.7 Å². The molecule has 0 fully saturated rings. The number of hydrogen-bond acceptors (Lipinski definition) is 2. The number of para-hydroxylation sites is 4. The Morgan fingerprint density at radius 3 is 0.635 bits per heavy atom. The molecule has 2 aliphatic heterocycles. The third-order valence-electron chi connectivity index (χ3n) is 11.2. The van der Waals surface area contributed by atoms with Gasteiger partial charge in [0.1, 0.15) is 0 Å². The highest BCUT2D eigenvalue weighted by molar-refractivity contribution is 7.22. The smallest absolute Gasteiger partial charge is 0.184 e. The van der Waals surface area contributed by atoms with Crippen LogP contribution in [0.2, 0.25) is 0 Å². The minimum atomic E-state index is -2.76. The van der Waals surface area contributed by atoms with Crippen LogP contribution < -0.4 is 51.5 Å². The van der Waals surface area contributed by atoms with Gasteiger partial charge in [0.15, 0.2) is 16.1 Å². The van der Waals surface area contributed by atoms with Gasteiger partial charge in [-0.05, 0) is 65.8 Å². The van der Waals surface area contributed by atoms with Crippen LogP contribution >= 0.6 is 0 Å². The molecule has 0 saturated carbocycles. The lowest BCUT2D eigenvalue weighted by Gasteiger charge is -2.52. The van der Waals surface area contributed by atoms with Crippen LogP contribution in [0.1, 0.15) is 0 Å². The van der Waals surface area contributed by atoms with E-state index in [0.717, 1.165) is 0 Å². The molecule has 52 heavy (non-hydrogen) atoms. The van der Waals surface area contributed by atoms with E-state index in [-0.39, 0.29) is 0 Å². The summed E-state index contributed by atoms with van der Waals surface area (Å²) >= 11 is 0. The van der Waals surface area contributed by atoms with Crippen LogP contribution in [0, 0.1) is 0 Å². The quantitative estimate of drug-likeness (QED) is 0.205. The second-order valence-corrected chi connectivity index (χ2v) is 21.1. The van der Waals surface area contributed by atoms with Crippen LogP contribution in [0.5, 0.6) is 0 Å². The Labute approximate surface area is 307 Å². The summed E-state index contributed by atoms with van der Waals surface area (Å²) in [5.74, 6) is 0. The third-order valence-corrected chi connectivity index (χ3v) is 20.9. The predicted octanol–water partition coefficient (Wildman–Crippen LogP) is 5.96. The molecule has 246 valence electrons. The number of nitrogens with zero attached hydrogens (tertiary/aromatic N) is 2. The van der Waals surface area contributed by atoms with E-state index in [1.165, 1.54) is 64.2 Å². The molecule has 0 N–H and O–H groups in total. The molecule has 0 amide bonds. The van der Waals surface area contributed by atoms with Gasteiger partial charge in [0, 0.05) is 0 Å². The van der Waals surface area contributed by atoms with Crippen molar-refractivity contribution in [2.75, 3.05) is 10.0 Å². The molecule has 10 rings (SSSR count). The predicted molar refractivity (Wildman–Crippen MR) is 224 cm³/mol. The van der Waals surface area contributed by atoms with E-state index in [1.807, 2.05) is 0 Å². The van der Waals surface area contributed by atoms with Crippen LogP contribution in [-0.4, -0.2) is 16.1 Å². The number of benzene rings is 8. The van der Waals surface area contributed by atoms with Gasteiger partial charge in [0.2, 0.25) is 0 Å². The molecule has 8 aromatic carbocycles. The first-order valence-electron chi connectivity index (χ1n) is 18.0. The normalized spacial score (nSPS) is 14.8. The maximum Gasteiger partial charge on any atom is 0.184 e. The molecule has 2 aliphatic rings. The summed E-state index contributed by atoms with van der Waals surface area (Å²) in [6.07, 6.45) is 0. The number of hydrogen-bond donors (Lipinski definition) is 0. The van der Waals surface area contributed by atoms with Gasteiger partial charge in [0.25, 0.3) is 0 Å². The van der Waals surface area contributed by atoms with E-state index in [4.69, 9.17) is 0 Å². The van der Waals surface area contributed by atoms with E-state index in [1.54, 1.807) is 0 Å². The molecule has 0 bridgehead atoms. The molecule has 0 aliphatic carbocycles. The summed E-state index contributed by atoms with van der Waals surface area (Å²) in [6, 6.07) is 81.8. The number of rotatable bonds is 5. The molecule has 0 unspecified atom stereocenters. The summed E-state index contributed by atoms with van der Waals surface area (Å²) in [4.78, 5) is 0. The first-order valence-corrected chi connectivity index (χ1v) is 22.0. The molecular weight excluding hydrogens is 661 g/mol. The fourth-order valence-electron chi connectivity index (χ4n) is 9.21. The van der Waals surface area contributed by atoms with Gasteiger partial charge in [-0.1, -0.05) is 194 Å². The van der Waals surface area contributed by atoms with Gasteiger partial charge in [-0.3, -0.25) is 0 Å². The number of anilines is 4. The highest BCUT2D eigenvalue weighted by atomic mass is 28.3. The lowest BCUT2D eigenvalue weighted by molar-refractivity contribution is 0.996. The maximum absolute atomic E-state index is 2.76. The van der Waals surface area contributed by atoms with Crippen molar-refractivity contribution in [2.45, 2.75) is 0 Å². The zero-order valence-electron chi connectivity index (χ0n) is 28.7. The Bertz CT molecular complexity index is 2180. The zero-order valence-corrected chi connectivity index (χ0v) is 30.7. The first kappa shape index (κ1) is 30.6. The number of fused-ring (bicyclic) bond motifs is 4. The van der Waals surface area contributed by atoms with Gasteiger partial charge in [-0.15, -0.1) is 0 Å². The van der Waals surface area contributed by atoms with Crippen LogP contribution in [0.15, 0.2) is 218 Å². The van der Waals surface area contributed by atoms with Crippen molar-refractivity contribution >= 4 is 80.4 Å². The molecule has 2 heterocycles. The van der Waals surface area contributed by atoms with E-state index in [2.05, 4.69) is 228 Å². The Balaban J connectivity index is 1.32. The van der Waals surface area contributed by atoms with Crippen molar-refractivity contribution in [2.24, 2.45) is 0 Å². The molecule has 0 radical (unpaired) electrons. The van der Waals surface area contributed by atoms with Crippen molar-refractivity contribution in [3.8, 4) is 0 Å². The Kier molecular flexibility index (Phi) is 7.20. The van der Waals surface area contributed by atoms with E-state index >= 15 is 0 Å². The summed E-state index contributed by atoms with van der Waals surface area (Å²) in [7, 11) is -5.52. The summed E-state index contributed by atoms with van der Waals surface area (Å²) in [5.41, 5.74) is 4.88. The Morgan fingerprint density at radius 1 is 0.212 bits per heavy atom. The Morgan fingerprint density at radius 2 is 0.404 bits per heavy atom.